The van der Waals surface area contributed by atoms with E-state index in [1.165, 1.54) is 5.56 Å². The lowest BCUT2D eigenvalue weighted by molar-refractivity contribution is 0.174. The maximum atomic E-state index is 10.4. The predicted octanol–water partition coefficient (Wildman–Crippen LogP) is 3.48. The van der Waals surface area contributed by atoms with Gasteiger partial charge in [-0.15, -0.1) is 0 Å². The summed E-state index contributed by atoms with van der Waals surface area (Å²) in [5.41, 5.74) is 2.37. The van der Waals surface area contributed by atoms with Crippen LogP contribution in [0.4, 0.5) is 0 Å². The van der Waals surface area contributed by atoms with E-state index in [0.29, 0.717) is 6.42 Å². The van der Waals surface area contributed by atoms with Gasteiger partial charge in [0.1, 0.15) is 5.82 Å². The van der Waals surface area contributed by atoms with Crippen molar-refractivity contribution in [1.29, 1.82) is 0 Å². The molecule has 2 aromatic rings. The molecule has 20 heavy (non-hydrogen) atoms. The minimum atomic E-state index is -0.503. The van der Waals surface area contributed by atoms with Crippen LogP contribution in [0.15, 0.2) is 36.7 Å². The highest BCUT2D eigenvalue weighted by Gasteiger charge is 2.16. The zero-order chi connectivity index (χ0) is 14.8. The van der Waals surface area contributed by atoms with Crippen LogP contribution in [-0.2, 0) is 18.4 Å². The van der Waals surface area contributed by atoms with Gasteiger partial charge in [-0.3, -0.25) is 0 Å². The van der Waals surface area contributed by atoms with E-state index < -0.39 is 6.10 Å². The van der Waals surface area contributed by atoms with Gasteiger partial charge in [0, 0.05) is 25.4 Å². The van der Waals surface area contributed by atoms with Gasteiger partial charge in [-0.1, -0.05) is 45.0 Å². The summed E-state index contributed by atoms with van der Waals surface area (Å²) in [6.07, 6.45) is 3.78. The summed E-state index contributed by atoms with van der Waals surface area (Å²) < 4.78 is 2.06. The van der Waals surface area contributed by atoms with E-state index in [9.17, 15) is 5.11 Å². The molecule has 1 atom stereocenters. The fourth-order valence-corrected chi connectivity index (χ4v) is 2.31. The van der Waals surface area contributed by atoms with Crippen molar-refractivity contribution in [3.63, 3.8) is 0 Å². The SMILES string of the molecule is CCn1ccnc1CC(O)c1ccc(C(C)(C)C)cc1. The van der Waals surface area contributed by atoms with Gasteiger partial charge in [0.25, 0.3) is 0 Å². The van der Waals surface area contributed by atoms with Crippen LogP contribution in [-0.4, -0.2) is 14.7 Å². The van der Waals surface area contributed by atoms with E-state index in [-0.39, 0.29) is 5.41 Å². The van der Waals surface area contributed by atoms with Crippen molar-refractivity contribution < 1.29 is 5.11 Å². The van der Waals surface area contributed by atoms with Gasteiger partial charge < -0.3 is 9.67 Å². The first kappa shape index (κ1) is 14.8. The van der Waals surface area contributed by atoms with E-state index in [0.717, 1.165) is 17.9 Å². The summed E-state index contributed by atoms with van der Waals surface area (Å²) in [5, 5.41) is 10.4. The number of aliphatic hydroxyl groups is 1. The molecule has 0 aliphatic heterocycles. The Morgan fingerprint density at radius 2 is 1.85 bits per heavy atom. The quantitative estimate of drug-likeness (QED) is 0.925. The number of aryl methyl sites for hydroxylation is 1. The van der Waals surface area contributed by atoms with Crippen molar-refractivity contribution in [1.82, 2.24) is 9.55 Å². The summed E-state index contributed by atoms with van der Waals surface area (Å²) >= 11 is 0. The molecule has 0 aliphatic rings. The van der Waals surface area contributed by atoms with Crippen molar-refractivity contribution in [3.8, 4) is 0 Å². The van der Waals surface area contributed by atoms with Crippen molar-refractivity contribution in [2.75, 3.05) is 0 Å². The predicted molar refractivity (Wildman–Crippen MR) is 81.7 cm³/mol. The molecule has 0 saturated carbocycles. The van der Waals surface area contributed by atoms with E-state index in [1.807, 2.05) is 18.3 Å². The van der Waals surface area contributed by atoms with Gasteiger partial charge >= 0.3 is 0 Å². The van der Waals surface area contributed by atoms with Crippen molar-refractivity contribution in [3.05, 3.63) is 53.6 Å². The molecular formula is C17H24N2O. The minimum absolute atomic E-state index is 0.141. The first-order valence-corrected chi connectivity index (χ1v) is 7.20. The second-order valence-electron chi connectivity index (χ2n) is 6.22. The fourth-order valence-electron chi connectivity index (χ4n) is 2.31. The van der Waals surface area contributed by atoms with Gasteiger partial charge in [0.05, 0.1) is 6.10 Å². The lowest BCUT2D eigenvalue weighted by Gasteiger charge is -2.20. The monoisotopic (exact) mass is 272 g/mol. The van der Waals surface area contributed by atoms with Crippen molar-refractivity contribution >= 4 is 0 Å². The first-order valence-electron chi connectivity index (χ1n) is 7.20. The van der Waals surface area contributed by atoms with Crippen LogP contribution in [0.1, 0.15) is 50.8 Å². The Balaban J connectivity index is 2.12. The number of nitrogens with zero attached hydrogens (tertiary/aromatic N) is 2. The van der Waals surface area contributed by atoms with Gasteiger partial charge in [-0.2, -0.15) is 0 Å². The standard InChI is InChI=1S/C17H24N2O/c1-5-19-11-10-18-16(19)12-15(20)13-6-8-14(9-7-13)17(2,3)4/h6-11,15,20H,5,12H2,1-4H3. The normalized spacial score (nSPS) is 13.4. The fraction of sp³-hybridized carbons (Fsp3) is 0.471. The molecule has 0 aliphatic carbocycles. The average Bonchev–Trinajstić information content (AvgIpc) is 2.85. The topological polar surface area (TPSA) is 38.0 Å². The minimum Gasteiger partial charge on any atom is -0.388 e. The molecule has 2 rings (SSSR count). The molecule has 1 aromatic heterocycles. The smallest absolute Gasteiger partial charge is 0.111 e. The second kappa shape index (κ2) is 5.80. The third kappa shape index (κ3) is 3.28. The molecule has 0 radical (unpaired) electrons. The number of imidazole rings is 1. The zero-order valence-electron chi connectivity index (χ0n) is 12.8. The molecule has 0 fully saturated rings. The van der Waals surface area contributed by atoms with Crippen LogP contribution >= 0.6 is 0 Å². The van der Waals surface area contributed by atoms with Crippen LogP contribution in [0.5, 0.6) is 0 Å². The molecule has 3 nitrogen and oxygen atoms in total. The Kier molecular flexibility index (Phi) is 4.29. The highest BCUT2D eigenvalue weighted by atomic mass is 16.3. The summed E-state index contributed by atoms with van der Waals surface area (Å²) in [6, 6.07) is 8.24. The molecule has 0 spiro atoms. The van der Waals surface area contributed by atoms with Gasteiger partial charge in [-0.25, -0.2) is 4.98 Å². The molecule has 0 saturated heterocycles. The van der Waals surface area contributed by atoms with Crippen LogP contribution in [0.25, 0.3) is 0 Å². The Bertz CT molecular complexity index is 549. The molecule has 108 valence electrons. The lowest BCUT2D eigenvalue weighted by atomic mass is 9.86. The van der Waals surface area contributed by atoms with E-state index in [4.69, 9.17) is 0 Å². The van der Waals surface area contributed by atoms with E-state index in [1.54, 1.807) is 6.20 Å². The van der Waals surface area contributed by atoms with Crippen LogP contribution in [0.3, 0.4) is 0 Å². The molecule has 0 amide bonds. The summed E-state index contributed by atoms with van der Waals surface area (Å²) in [6.45, 7) is 9.53. The van der Waals surface area contributed by atoms with Crippen molar-refractivity contribution in [2.45, 2.75) is 52.2 Å². The molecule has 1 aromatic carbocycles. The highest BCUT2D eigenvalue weighted by Crippen LogP contribution is 2.25. The van der Waals surface area contributed by atoms with E-state index in [2.05, 4.69) is 49.4 Å². The molecule has 0 bridgehead atoms. The van der Waals surface area contributed by atoms with Crippen molar-refractivity contribution in [2.24, 2.45) is 0 Å². The van der Waals surface area contributed by atoms with Gasteiger partial charge in [-0.05, 0) is 23.5 Å². The summed E-state index contributed by atoms with van der Waals surface area (Å²) in [7, 11) is 0. The summed E-state index contributed by atoms with van der Waals surface area (Å²) in [4.78, 5) is 4.31. The number of rotatable bonds is 4. The average molecular weight is 272 g/mol. The van der Waals surface area contributed by atoms with E-state index >= 15 is 0 Å². The van der Waals surface area contributed by atoms with Gasteiger partial charge in [0.2, 0.25) is 0 Å². The Hall–Kier alpha value is -1.61. The first-order chi connectivity index (χ1) is 9.41. The number of hydrogen-bond acceptors (Lipinski definition) is 2. The second-order valence-corrected chi connectivity index (χ2v) is 6.22. The lowest BCUT2D eigenvalue weighted by Crippen LogP contribution is -2.12. The summed E-state index contributed by atoms with van der Waals surface area (Å²) in [5.74, 6) is 0.930. The number of aliphatic hydroxyl groups excluding tert-OH is 1. The Morgan fingerprint density at radius 1 is 1.20 bits per heavy atom. The third-order valence-corrected chi connectivity index (χ3v) is 3.68. The van der Waals surface area contributed by atoms with Gasteiger partial charge in [0.15, 0.2) is 0 Å². The molecule has 1 heterocycles. The Morgan fingerprint density at radius 3 is 2.40 bits per heavy atom. The van der Waals surface area contributed by atoms with Crippen LogP contribution < -0.4 is 0 Å². The van der Waals surface area contributed by atoms with Crippen LogP contribution in [0.2, 0.25) is 0 Å². The molecular weight excluding hydrogens is 248 g/mol. The zero-order valence-corrected chi connectivity index (χ0v) is 12.8. The number of benzene rings is 1. The number of aromatic nitrogens is 2. The number of hydrogen-bond donors (Lipinski definition) is 1. The molecule has 3 heteroatoms. The third-order valence-electron chi connectivity index (χ3n) is 3.68. The highest BCUT2D eigenvalue weighted by molar-refractivity contribution is 5.29. The molecule has 1 N–H and O–H groups in total. The maximum Gasteiger partial charge on any atom is 0.111 e. The molecule has 1 unspecified atom stereocenters. The Labute approximate surface area is 121 Å². The maximum absolute atomic E-state index is 10.4. The van der Waals surface area contributed by atoms with Crippen LogP contribution in [0, 0.1) is 0 Å². The largest absolute Gasteiger partial charge is 0.388 e.